The number of nitrogens with two attached hydrogens (primary N) is 1. The number of rotatable bonds is 4. The van der Waals surface area contributed by atoms with Crippen LogP contribution in [0.4, 0.5) is 5.69 Å². The van der Waals surface area contributed by atoms with Crippen LogP contribution in [0, 0.1) is 5.41 Å². The van der Waals surface area contributed by atoms with Gasteiger partial charge < -0.3 is 16.2 Å². The highest BCUT2D eigenvalue weighted by Gasteiger charge is 2.42. The largest absolute Gasteiger partial charge is 0.398 e. The molecule has 0 atom stereocenters. The molecule has 0 radical (unpaired) electrons. The van der Waals surface area contributed by atoms with Crippen LogP contribution < -0.4 is 11.1 Å². The Morgan fingerprint density at radius 1 is 1.53 bits per heavy atom. The summed E-state index contributed by atoms with van der Waals surface area (Å²) >= 11 is 5.76. The van der Waals surface area contributed by atoms with Gasteiger partial charge in [-0.3, -0.25) is 4.79 Å². The van der Waals surface area contributed by atoms with E-state index in [0.717, 1.165) is 12.8 Å². The van der Waals surface area contributed by atoms with Gasteiger partial charge in [0.15, 0.2) is 0 Å². The number of carbonyl (C=O) groups excluding carboxylic acids is 1. The van der Waals surface area contributed by atoms with Gasteiger partial charge in [0.1, 0.15) is 0 Å². The molecule has 2 rings (SSSR count). The number of aliphatic hydroxyl groups excluding tert-OH is 1. The van der Waals surface area contributed by atoms with Crippen molar-refractivity contribution in [1.82, 2.24) is 5.32 Å². The van der Waals surface area contributed by atoms with Crippen LogP contribution in [0.5, 0.6) is 0 Å². The molecule has 4 nitrogen and oxygen atoms in total. The highest BCUT2D eigenvalue weighted by molar-refractivity contribution is 6.31. The molecule has 5 heteroatoms. The summed E-state index contributed by atoms with van der Waals surface area (Å²) in [5, 5.41) is 12.4. The molecule has 0 aromatic heterocycles. The summed E-state index contributed by atoms with van der Waals surface area (Å²) in [5.74, 6) is -0.223. The van der Waals surface area contributed by atoms with Gasteiger partial charge in [0.05, 0.1) is 12.2 Å². The van der Waals surface area contributed by atoms with Crippen molar-refractivity contribution in [3.8, 4) is 0 Å². The summed E-state index contributed by atoms with van der Waals surface area (Å²) in [7, 11) is 0. The first-order chi connectivity index (χ1) is 8.06. The summed E-state index contributed by atoms with van der Waals surface area (Å²) in [5.41, 5.74) is 6.40. The first kappa shape index (κ1) is 12.2. The minimum Gasteiger partial charge on any atom is -0.398 e. The fourth-order valence-corrected chi connectivity index (χ4v) is 1.85. The predicted octanol–water partition coefficient (Wildman–Crippen LogP) is 1.42. The molecule has 92 valence electrons. The lowest BCUT2D eigenvalue weighted by molar-refractivity contribution is 0.0936. The number of hydrogen-bond donors (Lipinski definition) is 3. The Bertz CT molecular complexity index is 444. The molecule has 0 bridgehead atoms. The number of amides is 1. The quantitative estimate of drug-likeness (QED) is 0.712. The molecular formula is C12H15ClN2O2. The standard InChI is InChI=1S/C12H15ClN2O2/c13-8-1-2-9(10(14)5-8)11(17)15-6-12(7-16)3-4-12/h1-2,5,16H,3-4,6-7,14H2,(H,15,17). The molecule has 0 aliphatic heterocycles. The maximum Gasteiger partial charge on any atom is 0.253 e. The molecule has 0 heterocycles. The molecule has 1 fully saturated rings. The molecule has 1 saturated carbocycles. The molecule has 1 aromatic carbocycles. The molecule has 0 unspecified atom stereocenters. The lowest BCUT2D eigenvalue weighted by Gasteiger charge is -2.13. The minimum atomic E-state index is -0.223. The van der Waals surface area contributed by atoms with E-state index in [9.17, 15) is 4.79 Å². The minimum absolute atomic E-state index is 0.100. The normalized spacial score (nSPS) is 16.6. The lowest BCUT2D eigenvalue weighted by Crippen LogP contribution is -2.32. The maximum absolute atomic E-state index is 11.9. The molecule has 17 heavy (non-hydrogen) atoms. The van der Waals surface area contributed by atoms with Crippen LogP contribution >= 0.6 is 11.6 Å². The zero-order valence-electron chi connectivity index (χ0n) is 9.37. The SMILES string of the molecule is Nc1cc(Cl)ccc1C(=O)NCC1(CO)CC1. The molecule has 1 aromatic rings. The third-order valence-electron chi connectivity index (χ3n) is 3.17. The van der Waals surface area contributed by atoms with Crippen molar-refractivity contribution in [2.75, 3.05) is 18.9 Å². The third-order valence-corrected chi connectivity index (χ3v) is 3.41. The Morgan fingerprint density at radius 2 is 2.24 bits per heavy atom. The van der Waals surface area contributed by atoms with Gasteiger partial charge in [-0.25, -0.2) is 0 Å². The average Bonchev–Trinajstić information content (AvgIpc) is 3.07. The first-order valence-electron chi connectivity index (χ1n) is 5.50. The van der Waals surface area contributed by atoms with E-state index < -0.39 is 0 Å². The van der Waals surface area contributed by atoms with E-state index in [2.05, 4.69) is 5.32 Å². The van der Waals surface area contributed by atoms with Crippen LogP contribution in [0.25, 0.3) is 0 Å². The van der Waals surface area contributed by atoms with Crippen molar-refractivity contribution in [3.05, 3.63) is 28.8 Å². The van der Waals surface area contributed by atoms with E-state index in [4.69, 9.17) is 22.4 Å². The molecule has 1 aliphatic carbocycles. The molecular weight excluding hydrogens is 240 g/mol. The van der Waals surface area contributed by atoms with Gasteiger partial charge in [0.25, 0.3) is 5.91 Å². The van der Waals surface area contributed by atoms with Gasteiger partial charge >= 0.3 is 0 Å². The molecule has 1 amide bonds. The summed E-state index contributed by atoms with van der Waals surface area (Å²) in [6.45, 7) is 0.605. The summed E-state index contributed by atoms with van der Waals surface area (Å²) in [6.07, 6.45) is 1.92. The average molecular weight is 255 g/mol. The summed E-state index contributed by atoms with van der Waals surface area (Å²) in [6, 6.07) is 4.78. The van der Waals surface area contributed by atoms with Crippen LogP contribution in [0.1, 0.15) is 23.2 Å². The fraction of sp³-hybridized carbons (Fsp3) is 0.417. The number of aliphatic hydroxyl groups is 1. The van der Waals surface area contributed by atoms with Crippen molar-refractivity contribution in [3.63, 3.8) is 0 Å². The Morgan fingerprint density at radius 3 is 2.76 bits per heavy atom. The monoisotopic (exact) mass is 254 g/mol. The van der Waals surface area contributed by atoms with Crippen molar-refractivity contribution >= 4 is 23.2 Å². The van der Waals surface area contributed by atoms with Gasteiger partial charge in [-0.05, 0) is 31.0 Å². The van der Waals surface area contributed by atoms with Gasteiger partial charge in [0, 0.05) is 22.7 Å². The Balaban J connectivity index is 2.00. The van der Waals surface area contributed by atoms with E-state index in [1.807, 2.05) is 0 Å². The summed E-state index contributed by atoms with van der Waals surface area (Å²) in [4.78, 5) is 11.9. The maximum atomic E-state index is 11.9. The number of carbonyl (C=O) groups is 1. The Hall–Kier alpha value is -1.26. The highest BCUT2D eigenvalue weighted by atomic mass is 35.5. The number of nitrogens with one attached hydrogen (secondary N) is 1. The van der Waals surface area contributed by atoms with E-state index in [0.29, 0.717) is 22.8 Å². The van der Waals surface area contributed by atoms with Gasteiger partial charge in [0.2, 0.25) is 0 Å². The summed E-state index contributed by atoms with van der Waals surface area (Å²) < 4.78 is 0. The van der Waals surface area contributed by atoms with Crippen molar-refractivity contribution in [2.24, 2.45) is 5.41 Å². The Labute approximate surface area is 105 Å². The van der Waals surface area contributed by atoms with Crippen LogP contribution in [-0.4, -0.2) is 24.2 Å². The smallest absolute Gasteiger partial charge is 0.253 e. The van der Waals surface area contributed by atoms with Crippen molar-refractivity contribution in [1.29, 1.82) is 0 Å². The number of hydrogen-bond acceptors (Lipinski definition) is 3. The zero-order chi connectivity index (χ0) is 12.5. The van der Waals surface area contributed by atoms with E-state index in [-0.39, 0.29) is 17.9 Å². The van der Waals surface area contributed by atoms with E-state index >= 15 is 0 Å². The van der Waals surface area contributed by atoms with Crippen LogP contribution in [0.2, 0.25) is 5.02 Å². The first-order valence-corrected chi connectivity index (χ1v) is 5.88. The van der Waals surface area contributed by atoms with Gasteiger partial charge in [-0.15, -0.1) is 0 Å². The molecule has 0 spiro atoms. The number of halogens is 1. The fourth-order valence-electron chi connectivity index (χ4n) is 1.67. The highest BCUT2D eigenvalue weighted by Crippen LogP contribution is 2.44. The molecule has 1 aliphatic rings. The second-order valence-electron chi connectivity index (χ2n) is 4.57. The second kappa shape index (κ2) is 4.55. The number of nitrogen functional groups attached to an aromatic ring is 1. The number of anilines is 1. The van der Waals surface area contributed by atoms with E-state index in [1.54, 1.807) is 18.2 Å². The predicted molar refractivity (Wildman–Crippen MR) is 67.0 cm³/mol. The Kier molecular flexibility index (Phi) is 3.26. The molecule has 0 saturated heterocycles. The zero-order valence-corrected chi connectivity index (χ0v) is 10.1. The lowest BCUT2D eigenvalue weighted by atomic mass is 10.1. The van der Waals surface area contributed by atoms with Crippen molar-refractivity contribution in [2.45, 2.75) is 12.8 Å². The van der Waals surface area contributed by atoms with Crippen LogP contribution in [-0.2, 0) is 0 Å². The van der Waals surface area contributed by atoms with E-state index in [1.165, 1.54) is 0 Å². The van der Waals surface area contributed by atoms with Gasteiger partial charge in [-0.1, -0.05) is 11.6 Å². The number of benzene rings is 1. The second-order valence-corrected chi connectivity index (χ2v) is 5.01. The van der Waals surface area contributed by atoms with Gasteiger partial charge in [-0.2, -0.15) is 0 Å². The topological polar surface area (TPSA) is 75.4 Å². The van der Waals surface area contributed by atoms with Crippen LogP contribution in [0.15, 0.2) is 18.2 Å². The van der Waals surface area contributed by atoms with Crippen LogP contribution in [0.3, 0.4) is 0 Å². The third kappa shape index (κ3) is 2.70. The van der Waals surface area contributed by atoms with Crippen molar-refractivity contribution < 1.29 is 9.90 Å². The molecule has 4 N–H and O–H groups in total.